The summed E-state index contributed by atoms with van der Waals surface area (Å²) in [6, 6.07) is 1.43. The minimum atomic E-state index is 0.439. The Morgan fingerprint density at radius 2 is 2.05 bits per heavy atom. The fraction of sp³-hybridized carbons (Fsp3) is 1.00. The van der Waals surface area contributed by atoms with E-state index in [1.807, 2.05) is 0 Å². The van der Waals surface area contributed by atoms with Gasteiger partial charge in [0, 0.05) is 31.7 Å². The van der Waals surface area contributed by atoms with E-state index in [-0.39, 0.29) is 0 Å². The summed E-state index contributed by atoms with van der Waals surface area (Å²) in [5.74, 6) is 0. The van der Waals surface area contributed by atoms with Crippen LogP contribution in [-0.2, 0) is 4.74 Å². The third-order valence-corrected chi connectivity index (χ3v) is 5.11. The first kappa shape index (κ1) is 14.8. The highest BCUT2D eigenvalue weighted by Crippen LogP contribution is 2.23. The lowest BCUT2D eigenvalue weighted by molar-refractivity contribution is -0.0636. The second kappa shape index (κ2) is 7.21. The van der Waals surface area contributed by atoms with Crippen LogP contribution in [0.1, 0.15) is 39.0 Å². The molecule has 0 aromatic heterocycles. The molecule has 116 valence electrons. The summed E-state index contributed by atoms with van der Waals surface area (Å²) in [6.07, 6.45) is 7.07. The summed E-state index contributed by atoms with van der Waals surface area (Å²) in [5.41, 5.74) is 0. The van der Waals surface area contributed by atoms with Crippen LogP contribution in [0, 0.1) is 0 Å². The Bertz CT molecular complexity index is 299. The number of hydrogen-bond acceptors (Lipinski definition) is 4. The SMILES string of the molecule is CCCNC1CCCN(CC2CN3CCCC3CO2)C1. The van der Waals surface area contributed by atoms with Gasteiger partial charge in [0.1, 0.15) is 0 Å². The number of nitrogens with one attached hydrogen (secondary N) is 1. The highest BCUT2D eigenvalue weighted by Gasteiger charge is 2.33. The van der Waals surface area contributed by atoms with Gasteiger partial charge in [0.25, 0.3) is 0 Å². The Hall–Kier alpha value is -0.160. The smallest absolute Gasteiger partial charge is 0.0829 e. The van der Waals surface area contributed by atoms with Crippen LogP contribution >= 0.6 is 0 Å². The van der Waals surface area contributed by atoms with Crippen molar-refractivity contribution in [1.82, 2.24) is 15.1 Å². The molecule has 3 atom stereocenters. The lowest BCUT2D eigenvalue weighted by atomic mass is 10.0. The van der Waals surface area contributed by atoms with Crippen LogP contribution in [0.2, 0.25) is 0 Å². The molecular formula is C16H31N3O. The zero-order valence-electron chi connectivity index (χ0n) is 13.0. The van der Waals surface area contributed by atoms with Gasteiger partial charge in [-0.15, -0.1) is 0 Å². The Morgan fingerprint density at radius 3 is 2.95 bits per heavy atom. The molecule has 0 aromatic rings. The monoisotopic (exact) mass is 281 g/mol. The van der Waals surface area contributed by atoms with Crippen LogP contribution in [0.5, 0.6) is 0 Å². The van der Waals surface area contributed by atoms with Gasteiger partial charge in [0.05, 0.1) is 12.7 Å². The molecule has 3 unspecified atom stereocenters. The molecule has 3 saturated heterocycles. The Balaban J connectivity index is 1.43. The summed E-state index contributed by atoms with van der Waals surface area (Å²) >= 11 is 0. The molecule has 0 aromatic carbocycles. The second-order valence-corrected chi connectivity index (χ2v) is 6.80. The first-order valence-electron chi connectivity index (χ1n) is 8.66. The molecule has 0 radical (unpaired) electrons. The van der Waals surface area contributed by atoms with E-state index in [4.69, 9.17) is 4.74 Å². The van der Waals surface area contributed by atoms with E-state index < -0.39 is 0 Å². The van der Waals surface area contributed by atoms with Gasteiger partial charge in [-0.05, 0) is 51.7 Å². The fourth-order valence-corrected chi connectivity index (χ4v) is 4.02. The average molecular weight is 281 g/mol. The van der Waals surface area contributed by atoms with Gasteiger partial charge in [-0.3, -0.25) is 9.80 Å². The first-order valence-corrected chi connectivity index (χ1v) is 8.66. The van der Waals surface area contributed by atoms with Crippen LogP contribution in [-0.4, -0.2) is 73.9 Å². The molecule has 0 bridgehead atoms. The molecule has 3 aliphatic rings. The average Bonchev–Trinajstić information content (AvgIpc) is 2.93. The molecule has 3 heterocycles. The van der Waals surface area contributed by atoms with Crippen LogP contribution in [0.15, 0.2) is 0 Å². The van der Waals surface area contributed by atoms with E-state index in [0.29, 0.717) is 12.1 Å². The zero-order valence-corrected chi connectivity index (χ0v) is 13.0. The standard InChI is InChI=1S/C16H31N3O/c1-2-7-17-14-5-3-8-18(10-14)11-16-12-19-9-4-6-15(19)13-20-16/h14-17H,2-13H2,1H3. The maximum absolute atomic E-state index is 6.11. The molecule has 1 N–H and O–H groups in total. The molecule has 0 spiro atoms. The predicted molar refractivity (Wildman–Crippen MR) is 82.1 cm³/mol. The molecule has 20 heavy (non-hydrogen) atoms. The summed E-state index contributed by atoms with van der Waals surface area (Å²) in [4.78, 5) is 5.28. The maximum atomic E-state index is 6.11. The molecular weight excluding hydrogens is 250 g/mol. The number of nitrogens with zero attached hydrogens (tertiary/aromatic N) is 2. The van der Waals surface area contributed by atoms with Crippen molar-refractivity contribution >= 4 is 0 Å². The Kier molecular flexibility index (Phi) is 5.32. The summed E-state index contributed by atoms with van der Waals surface area (Å²) in [5, 5.41) is 3.68. The molecule has 0 saturated carbocycles. The van der Waals surface area contributed by atoms with Crippen LogP contribution < -0.4 is 5.32 Å². The van der Waals surface area contributed by atoms with Gasteiger partial charge < -0.3 is 10.1 Å². The molecule has 3 fully saturated rings. The van der Waals surface area contributed by atoms with Crippen LogP contribution in [0.25, 0.3) is 0 Å². The minimum absolute atomic E-state index is 0.439. The predicted octanol–water partition coefficient (Wildman–Crippen LogP) is 1.31. The normalized spacial score (nSPS) is 36.1. The Labute approximate surface area is 123 Å². The van der Waals surface area contributed by atoms with Crippen molar-refractivity contribution in [3.8, 4) is 0 Å². The van der Waals surface area contributed by atoms with Gasteiger partial charge in [-0.1, -0.05) is 6.92 Å². The van der Waals surface area contributed by atoms with Crippen LogP contribution in [0.4, 0.5) is 0 Å². The lowest BCUT2D eigenvalue weighted by Gasteiger charge is -2.40. The molecule has 4 nitrogen and oxygen atoms in total. The van der Waals surface area contributed by atoms with Crippen molar-refractivity contribution in [3.05, 3.63) is 0 Å². The van der Waals surface area contributed by atoms with Gasteiger partial charge in [0.15, 0.2) is 0 Å². The number of rotatable bonds is 5. The van der Waals surface area contributed by atoms with Crippen molar-refractivity contribution in [2.45, 2.75) is 57.2 Å². The maximum Gasteiger partial charge on any atom is 0.0829 e. The number of piperidine rings is 1. The van der Waals surface area contributed by atoms with Crippen molar-refractivity contribution in [1.29, 1.82) is 0 Å². The van der Waals surface area contributed by atoms with E-state index in [2.05, 4.69) is 22.0 Å². The first-order chi connectivity index (χ1) is 9.85. The van der Waals surface area contributed by atoms with E-state index in [9.17, 15) is 0 Å². The number of hydrogen-bond donors (Lipinski definition) is 1. The topological polar surface area (TPSA) is 27.7 Å². The quantitative estimate of drug-likeness (QED) is 0.822. The van der Waals surface area contributed by atoms with Gasteiger partial charge in [-0.25, -0.2) is 0 Å². The van der Waals surface area contributed by atoms with E-state index >= 15 is 0 Å². The van der Waals surface area contributed by atoms with Crippen molar-refractivity contribution < 1.29 is 4.74 Å². The number of fused-ring (bicyclic) bond motifs is 1. The molecule has 3 rings (SSSR count). The largest absolute Gasteiger partial charge is 0.374 e. The summed E-state index contributed by atoms with van der Waals surface area (Å²) in [6.45, 7) is 10.4. The molecule has 4 heteroatoms. The van der Waals surface area contributed by atoms with E-state index in [0.717, 1.165) is 32.3 Å². The fourth-order valence-electron chi connectivity index (χ4n) is 4.02. The number of morpholine rings is 1. The third-order valence-electron chi connectivity index (χ3n) is 5.11. The van der Waals surface area contributed by atoms with E-state index in [1.165, 1.54) is 51.7 Å². The minimum Gasteiger partial charge on any atom is -0.374 e. The second-order valence-electron chi connectivity index (χ2n) is 6.80. The summed E-state index contributed by atoms with van der Waals surface area (Å²) < 4.78 is 6.11. The third kappa shape index (κ3) is 3.73. The molecule has 3 aliphatic heterocycles. The van der Waals surface area contributed by atoms with Gasteiger partial charge in [-0.2, -0.15) is 0 Å². The lowest BCUT2D eigenvalue weighted by Crippen LogP contribution is -2.53. The van der Waals surface area contributed by atoms with Crippen molar-refractivity contribution in [3.63, 3.8) is 0 Å². The summed E-state index contributed by atoms with van der Waals surface area (Å²) in [7, 11) is 0. The Morgan fingerprint density at radius 1 is 1.15 bits per heavy atom. The van der Waals surface area contributed by atoms with Crippen LogP contribution in [0.3, 0.4) is 0 Å². The zero-order chi connectivity index (χ0) is 13.8. The highest BCUT2D eigenvalue weighted by atomic mass is 16.5. The molecule has 0 aliphatic carbocycles. The number of likely N-dealkylation sites (tertiary alicyclic amines) is 1. The highest BCUT2D eigenvalue weighted by molar-refractivity contribution is 4.87. The van der Waals surface area contributed by atoms with Gasteiger partial charge >= 0.3 is 0 Å². The van der Waals surface area contributed by atoms with Gasteiger partial charge in [0.2, 0.25) is 0 Å². The van der Waals surface area contributed by atoms with E-state index in [1.54, 1.807) is 0 Å². The van der Waals surface area contributed by atoms with Crippen molar-refractivity contribution in [2.24, 2.45) is 0 Å². The van der Waals surface area contributed by atoms with Crippen molar-refractivity contribution in [2.75, 3.05) is 45.9 Å². The number of ether oxygens (including phenoxy) is 1. The molecule has 0 amide bonds.